The number of likely N-dealkylation sites (tertiary alicyclic amines) is 2. The Morgan fingerprint density at radius 2 is 2.00 bits per heavy atom. The van der Waals surface area contributed by atoms with Crippen LogP contribution in [0, 0.1) is 12.8 Å². The van der Waals surface area contributed by atoms with Gasteiger partial charge in [-0.1, -0.05) is 24.3 Å². The summed E-state index contributed by atoms with van der Waals surface area (Å²) < 4.78 is 0. The molecule has 0 aliphatic carbocycles. The Bertz CT molecular complexity index is 643. The molecule has 0 bridgehead atoms. The van der Waals surface area contributed by atoms with Gasteiger partial charge >= 0.3 is 0 Å². The molecule has 2 saturated heterocycles. The van der Waals surface area contributed by atoms with Crippen molar-refractivity contribution in [2.75, 3.05) is 26.2 Å². The molecule has 0 spiro atoms. The highest BCUT2D eigenvalue weighted by molar-refractivity contribution is 5.77. The van der Waals surface area contributed by atoms with Gasteiger partial charge in [0.05, 0.1) is 0 Å². The van der Waals surface area contributed by atoms with Gasteiger partial charge in [0.25, 0.3) is 0 Å². The van der Waals surface area contributed by atoms with Crippen molar-refractivity contribution < 1.29 is 9.59 Å². The minimum absolute atomic E-state index is 0.267. The molecule has 0 N–H and O–H groups in total. The van der Waals surface area contributed by atoms with E-state index >= 15 is 0 Å². The first-order valence-electron chi connectivity index (χ1n) is 10.7. The Morgan fingerprint density at radius 3 is 2.81 bits per heavy atom. The van der Waals surface area contributed by atoms with Gasteiger partial charge in [0.1, 0.15) is 0 Å². The van der Waals surface area contributed by atoms with Crippen LogP contribution in [0.2, 0.25) is 0 Å². The molecule has 2 heterocycles. The zero-order chi connectivity index (χ0) is 19.1. The molecule has 0 saturated carbocycles. The summed E-state index contributed by atoms with van der Waals surface area (Å²) in [5.41, 5.74) is 2.81. The number of carbonyl (C=O) groups excluding carboxylic acids is 2. The van der Waals surface area contributed by atoms with Crippen LogP contribution in [-0.4, -0.2) is 47.8 Å². The number of hydrogen-bond acceptors (Lipinski definition) is 2. The lowest BCUT2D eigenvalue weighted by atomic mass is 9.90. The van der Waals surface area contributed by atoms with E-state index in [1.807, 2.05) is 4.90 Å². The molecule has 0 radical (unpaired) electrons. The number of benzene rings is 1. The Balaban J connectivity index is 1.39. The van der Waals surface area contributed by atoms with Gasteiger partial charge in [-0.3, -0.25) is 9.59 Å². The van der Waals surface area contributed by atoms with Gasteiger partial charge in [0.15, 0.2) is 0 Å². The molecule has 4 nitrogen and oxygen atoms in total. The highest BCUT2D eigenvalue weighted by Crippen LogP contribution is 2.23. The van der Waals surface area contributed by atoms with Gasteiger partial charge in [-0.25, -0.2) is 0 Å². The Morgan fingerprint density at radius 1 is 1.15 bits per heavy atom. The quantitative estimate of drug-likeness (QED) is 0.729. The molecule has 1 atom stereocenters. The number of piperidine rings is 2. The Labute approximate surface area is 163 Å². The lowest BCUT2D eigenvalue weighted by molar-refractivity contribution is -0.136. The van der Waals surface area contributed by atoms with E-state index in [1.165, 1.54) is 17.5 Å². The molecule has 3 rings (SSSR count). The van der Waals surface area contributed by atoms with Crippen LogP contribution < -0.4 is 0 Å². The Kier molecular flexibility index (Phi) is 7.31. The minimum atomic E-state index is 0.267. The molecule has 1 aromatic rings. The maximum absolute atomic E-state index is 12.6. The summed E-state index contributed by atoms with van der Waals surface area (Å²) in [5.74, 6) is 1.16. The van der Waals surface area contributed by atoms with Crippen molar-refractivity contribution in [3.8, 4) is 0 Å². The lowest BCUT2D eigenvalue weighted by Gasteiger charge is -2.33. The van der Waals surface area contributed by atoms with E-state index in [0.717, 1.165) is 64.7 Å². The summed E-state index contributed by atoms with van der Waals surface area (Å²) in [7, 11) is 0. The molecule has 2 fully saturated rings. The fraction of sp³-hybridized carbons (Fsp3) is 0.652. The molecular formula is C23H34N2O2. The fourth-order valence-corrected chi connectivity index (χ4v) is 4.45. The zero-order valence-electron chi connectivity index (χ0n) is 16.8. The average Bonchev–Trinajstić information content (AvgIpc) is 2.69. The Hall–Kier alpha value is -1.84. The van der Waals surface area contributed by atoms with E-state index in [2.05, 4.69) is 36.1 Å². The largest absolute Gasteiger partial charge is 0.343 e. The van der Waals surface area contributed by atoms with Gasteiger partial charge in [0, 0.05) is 39.0 Å². The van der Waals surface area contributed by atoms with Gasteiger partial charge in [-0.15, -0.1) is 0 Å². The van der Waals surface area contributed by atoms with Crippen LogP contribution in [0.4, 0.5) is 0 Å². The third-order valence-corrected chi connectivity index (χ3v) is 6.19. The van der Waals surface area contributed by atoms with Crippen molar-refractivity contribution in [2.24, 2.45) is 5.92 Å². The van der Waals surface area contributed by atoms with Crippen LogP contribution in [0.15, 0.2) is 24.3 Å². The summed E-state index contributed by atoms with van der Waals surface area (Å²) in [6.45, 7) is 5.61. The highest BCUT2D eigenvalue weighted by Gasteiger charge is 2.24. The predicted molar refractivity (Wildman–Crippen MR) is 108 cm³/mol. The predicted octanol–water partition coefficient (Wildman–Crippen LogP) is 3.96. The van der Waals surface area contributed by atoms with Crippen molar-refractivity contribution in [3.05, 3.63) is 35.4 Å². The maximum Gasteiger partial charge on any atom is 0.222 e. The van der Waals surface area contributed by atoms with Gasteiger partial charge in [-0.2, -0.15) is 0 Å². The number of aryl methyl sites for hydroxylation is 2. The van der Waals surface area contributed by atoms with E-state index in [1.54, 1.807) is 0 Å². The van der Waals surface area contributed by atoms with Crippen molar-refractivity contribution in [3.63, 3.8) is 0 Å². The van der Waals surface area contributed by atoms with E-state index < -0.39 is 0 Å². The molecule has 4 heteroatoms. The standard InChI is InChI=1S/C23H34N2O2/c1-19-8-2-3-10-21(19)14-13-20-9-6-17-25(18-20)23(27)12-7-16-24-15-5-4-11-22(24)26/h2-3,8,10,20H,4-7,9,11-18H2,1H3/t20-/m1/s1. The van der Waals surface area contributed by atoms with Crippen molar-refractivity contribution >= 4 is 11.8 Å². The maximum atomic E-state index is 12.6. The first-order chi connectivity index (χ1) is 13.1. The SMILES string of the molecule is Cc1ccccc1CC[C@H]1CCCN(C(=O)CCCN2CCCCC2=O)C1. The van der Waals surface area contributed by atoms with Gasteiger partial charge in [0.2, 0.25) is 11.8 Å². The minimum Gasteiger partial charge on any atom is -0.343 e. The van der Waals surface area contributed by atoms with Crippen molar-refractivity contribution in [2.45, 2.75) is 64.7 Å². The molecular weight excluding hydrogens is 336 g/mol. The van der Waals surface area contributed by atoms with Crippen LogP contribution in [0.25, 0.3) is 0 Å². The monoisotopic (exact) mass is 370 g/mol. The molecule has 0 unspecified atom stereocenters. The summed E-state index contributed by atoms with van der Waals surface area (Å²) in [6.07, 6.45) is 8.81. The number of rotatable bonds is 7. The molecule has 1 aromatic carbocycles. The second kappa shape index (κ2) is 9.91. The summed E-state index contributed by atoms with van der Waals surface area (Å²) in [5, 5.41) is 0. The topological polar surface area (TPSA) is 40.6 Å². The number of hydrogen-bond donors (Lipinski definition) is 0. The average molecular weight is 371 g/mol. The van der Waals surface area contributed by atoms with Crippen LogP contribution in [0.5, 0.6) is 0 Å². The van der Waals surface area contributed by atoms with E-state index in [9.17, 15) is 9.59 Å². The number of amides is 2. The number of nitrogens with zero attached hydrogens (tertiary/aromatic N) is 2. The normalized spacial score (nSPS) is 20.8. The van der Waals surface area contributed by atoms with Gasteiger partial charge < -0.3 is 9.80 Å². The lowest BCUT2D eigenvalue weighted by Crippen LogP contribution is -2.41. The molecule has 148 valence electrons. The molecule has 27 heavy (non-hydrogen) atoms. The third kappa shape index (κ3) is 5.82. The molecule has 2 aliphatic heterocycles. The van der Waals surface area contributed by atoms with E-state index in [-0.39, 0.29) is 11.8 Å². The third-order valence-electron chi connectivity index (χ3n) is 6.19. The smallest absolute Gasteiger partial charge is 0.222 e. The molecule has 2 amide bonds. The van der Waals surface area contributed by atoms with Crippen molar-refractivity contribution in [1.82, 2.24) is 9.80 Å². The second-order valence-corrected chi connectivity index (χ2v) is 8.25. The highest BCUT2D eigenvalue weighted by atomic mass is 16.2. The molecule has 0 aromatic heterocycles. The van der Waals surface area contributed by atoms with Crippen LogP contribution in [0.1, 0.15) is 62.5 Å². The number of carbonyl (C=O) groups is 2. The second-order valence-electron chi connectivity index (χ2n) is 8.25. The molecule has 2 aliphatic rings. The summed E-state index contributed by atoms with van der Waals surface area (Å²) >= 11 is 0. The summed E-state index contributed by atoms with van der Waals surface area (Å²) in [6, 6.07) is 8.62. The summed E-state index contributed by atoms with van der Waals surface area (Å²) in [4.78, 5) is 28.5. The first-order valence-corrected chi connectivity index (χ1v) is 10.7. The fourth-order valence-electron chi connectivity index (χ4n) is 4.45. The first kappa shape index (κ1) is 19.9. The van der Waals surface area contributed by atoms with Crippen molar-refractivity contribution in [1.29, 1.82) is 0 Å². The van der Waals surface area contributed by atoms with Gasteiger partial charge in [-0.05, 0) is 68.9 Å². The van der Waals surface area contributed by atoms with Crippen LogP contribution >= 0.6 is 0 Å². The van der Waals surface area contributed by atoms with E-state index in [4.69, 9.17) is 0 Å². The van der Waals surface area contributed by atoms with Crippen LogP contribution in [0.3, 0.4) is 0 Å². The van der Waals surface area contributed by atoms with E-state index in [0.29, 0.717) is 18.8 Å². The van der Waals surface area contributed by atoms with Crippen LogP contribution in [-0.2, 0) is 16.0 Å². The zero-order valence-corrected chi connectivity index (χ0v) is 16.8.